The van der Waals surface area contributed by atoms with E-state index in [0.717, 1.165) is 13.1 Å². The molecule has 1 amide bonds. The van der Waals surface area contributed by atoms with E-state index < -0.39 is 17.7 Å². The van der Waals surface area contributed by atoms with Gasteiger partial charge >= 0.3 is 5.97 Å². The number of anilines is 1. The van der Waals surface area contributed by atoms with Crippen LogP contribution in [-0.2, 0) is 9.47 Å². The minimum atomic E-state index is -0.481. The van der Waals surface area contributed by atoms with Crippen LogP contribution in [0, 0.1) is 5.82 Å². The Morgan fingerprint density at radius 1 is 1.13 bits per heavy atom. The number of halogens is 1. The molecular weight excluding hydrogens is 403 g/mol. The summed E-state index contributed by atoms with van der Waals surface area (Å²) in [6, 6.07) is 12.0. The maximum absolute atomic E-state index is 13.5. The third-order valence-corrected chi connectivity index (χ3v) is 4.68. The Balaban J connectivity index is 1.69. The van der Waals surface area contributed by atoms with E-state index in [1.54, 1.807) is 12.1 Å². The fourth-order valence-electron chi connectivity index (χ4n) is 3.00. The van der Waals surface area contributed by atoms with Crippen LogP contribution in [0.1, 0.15) is 20.7 Å². The number of nitrogens with zero attached hydrogens (tertiary/aromatic N) is 2. The smallest absolute Gasteiger partial charge is 0.337 e. The molecule has 8 nitrogen and oxygen atoms in total. The number of carbonyl (C=O) groups excluding carboxylic acids is 2. The molecule has 1 heterocycles. The average molecular weight is 428 g/mol. The molecule has 1 fully saturated rings. The highest BCUT2D eigenvalue weighted by molar-refractivity contribution is 6.10. The van der Waals surface area contributed by atoms with Crippen molar-refractivity contribution in [1.29, 1.82) is 0 Å². The Morgan fingerprint density at radius 2 is 1.84 bits per heavy atom. The monoisotopic (exact) mass is 428 g/mol. The third kappa shape index (κ3) is 6.87. The molecule has 0 aromatic heterocycles. The number of rotatable bonds is 6. The molecule has 1 saturated heterocycles. The van der Waals surface area contributed by atoms with Gasteiger partial charge in [-0.3, -0.25) is 20.0 Å². The van der Waals surface area contributed by atoms with Crippen LogP contribution >= 0.6 is 0 Å². The number of aliphatic imine (C=N–C) groups is 1. The topological polar surface area (TPSA) is 92.3 Å². The first kappa shape index (κ1) is 22.4. The number of carbonyl (C=O) groups is 2. The number of methoxy groups -OCH3 is 1. The third-order valence-electron chi connectivity index (χ3n) is 4.68. The van der Waals surface area contributed by atoms with E-state index in [1.807, 2.05) is 0 Å². The first-order valence-electron chi connectivity index (χ1n) is 9.92. The number of esters is 1. The number of morpholine rings is 1. The van der Waals surface area contributed by atoms with Crippen LogP contribution in [0.15, 0.2) is 53.5 Å². The van der Waals surface area contributed by atoms with Crippen LogP contribution in [0.3, 0.4) is 0 Å². The Hall–Kier alpha value is -3.30. The lowest BCUT2D eigenvalue weighted by atomic mass is 10.1. The fourth-order valence-corrected chi connectivity index (χ4v) is 3.00. The summed E-state index contributed by atoms with van der Waals surface area (Å²) in [5.74, 6) is -1.08. The highest BCUT2D eigenvalue weighted by atomic mass is 19.1. The van der Waals surface area contributed by atoms with Gasteiger partial charge in [0.25, 0.3) is 5.91 Å². The Morgan fingerprint density at radius 3 is 2.52 bits per heavy atom. The van der Waals surface area contributed by atoms with Gasteiger partial charge in [-0.25, -0.2) is 9.18 Å². The van der Waals surface area contributed by atoms with E-state index >= 15 is 0 Å². The van der Waals surface area contributed by atoms with Gasteiger partial charge in [-0.1, -0.05) is 6.07 Å². The molecule has 164 valence electrons. The van der Waals surface area contributed by atoms with Crippen molar-refractivity contribution >= 4 is 23.5 Å². The van der Waals surface area contributed by atoms with Gasteiger partial charge in [0, 0.05) is 30.9 Å². The molecule has 0 radical (unpaired) electrons. The van der Waals surface area contributed by atoms with Gasteiger partial charge in [-0.2, -0.15) is 0 Å². The van der Waals surface area contributed by atoms with Crippen LogP contribution in [0.5, 0.6) is 0 Å². The quantitative estimate of drug-likeness (QED) is 0.416. The van der Waals surface area contributed by atoms with Crippen molar-refractivity contribution in [2.45, 2.75) is 0 Å². The summed E-state index contributed by atoms with van der Waals surface area (Å²) in [5.41, 5.74) is 1.15. The van der Waals surface area contributed by atoms with Gasteiger partial charge < -0.3 is 14.8 Å². The molecule has 2 aromatic carbocycles. The molecule has 1 aliphatic heterocycles. The van der Waals surface area contributed by atoms with Crippen molar-refractivity contribution in [3.63, 3.8) is 0 Å². The molecule has 9 heteroatoms. The van der Waals surface area contributed by atoms with Gasteiger partial charge in [-0.15, -0.1) is 0 Å². The number of hydrogen-bond acceptors (Lipinski definition) is 6. The highest BCUT2D eigenvalue weighted by Crippen LogP contribution is 2.10. The highest BCUT2D eigenvalue weighted by Gasteiger charge is 2.13. The fraction of sp³-hybridized carbons (Fsp3) is 0.318. The normalized spacial score (nSPS) is 14.7. The molecule has 0 spiro atoms. The zero-order chi connectivity index (χ0) is 22.1. The van der Waals surface area contributed by atoms with E-state index in [9.17, 15) is 14.0 Å². The van der Waals surface area contributed by atoms with E-state index in [1.165, 1.54) is 43.5 Å². The number of ether oxygens (including phenoxy) is 2. The number of hydrogen-bond donors (Lipinski definition) is 2. The second-order valence-corrected chi connectivity index (χ2v) is 6.84. The van der Waals surface area contributed by atoms with E-state index in [-0.39, 0.29) is 5.96 Å². The Kier molecular flexibility index (Phi) is 8.08. The number of benzene rings is 2. The second kappa shape index (κ2) is 11.2. The molecule has 0 saturated carbocycles. The van der Waals surface area contributed by atoms with Crippen LogP contribution in [0.25, 0.3) is 0 Å². The Labute approximate surface area is 180 Å². The standard InChI is InChI=1S/C22H25FN4O4/c1-30-21(29)17-7-5-16(6-8-17)20(28)26-22(25-19-4-2-3-18(23)15-19)24-9-10-27-11-13-31-14-12-27/h2-8,15H,9-14H2,1H3,(H2,24,25,26,28). The van der Waals surface area contributed by atoms with E-state index in [2.05, 4.69) is 25.3 Å². The average Bonchev–Trinajstić information content (AvgIpc) is 2.79. The van der Waals surface area contributed by atoms with Crippen LogP contribution in [0.4, 0.5) is 10.1 Å². The van der Waals surface area contributed by atoms with Crippen molar-refractivity contribution in [2.75, 3.05) is 51.8 Å². The van der Waals surface area contributed by atoms with Gasteiger partial charge in [-0.05, 0) is 42.5 Å². The van der Waals surface area contributed by atoms with Gasteiger partial charge in [0.05, 0.1) is 32.4 Å². The summed E-state index contributed by atoms with van der Waals surface area (Å²) in [5, 5.41) is 5.68. The van der Waals surface area contributed by atoms with Crippen LogP contribution in [0.2, 0.25) is 0 Å². The second-order valence-electron chi connectivity index (χ2n) is 6.84. The lowest BCUT2D eigenvalue weighted by molar-refractivity contribution is 0.0394. The largest absolute Gasteiger partial charge is 0.465 e. The Bertz CT molecular complexity index is 927. The van der Waals surface area contributed by atoms with Gasteiger partial charge in [0.2, 0.25) is 5.96 Å². The maximum Gasteiger partial charge on any atom is 0.337 e. The van der Waals surface area contributed by atoms with E-state index in [4.69, 9.17) is 4.74 Å². The molecule has 2 aromatic rings. The minimum absolute atomic E-state index is 0.209. The van der Waals surface area contributed by atoms with Crippen molar-refractivity contribution in [3.05, 3.63) is 65.5 Å². The summed E-state index contributed by atoms with van der Waals surface area (Å²) in [7, 11) is 1.29. The zero-order valence-electron chi connectivity index (χ0n) is 17.3. The summed E-state index contributed by atoms with van der Waals surface area (Å²) in [4.78, 5) is 30.9. The van der Waals surface area contributed by atoms with E-state index in [0.29, 0.717) is 43.1 Å². The summed E-state index contributed by atoms with van der Waals surface area (Å²) >= 11 is 0. The first-order chi connectivity index (χ1) is 15.0. The SMILES string of the molecule is COC(=O)c1ccc(C(=O)NC(=NCCN2CCOCC2)Nc2cccc(F)c2)cc1. The van der Waals surface area contributed by atoms with Crippen molar-refractivity contribution in [2.24, 2.45) is 4.99 Å². The number of guanidine groups is 1. The molecule has 0 atom stereocenters. The lowest BCUT2D eigenvalue weighted by Crippen LogP contribution is -2.39. The lowest BCUT2D eigenvalue weighted by Gasteiger charge is -2.25. The number of nitrogens with one attached hydrogen (secondary N) is 2. The molecule has 0 aliphatic carbocycles. The predicted octanol–water partition coefficient (Wildman–Crippen LogP) is 2.14. The predicted molar refractivity (Wildman–Crippen MR) is 115 cm³/mol. The molecule has 1 aliphatic rings. The minimum Gasteiger partial charge on any atom is -0.465 e. The summed E-state index contributed by atoms with van der Waals surface area (Å²) in [6.45, 7) is 4.20. The molecule has 31 heavy (non-hydrogen) atoms. The molecule has 0 bridgehead atoms. The van der Waals surface area contributed by atoms with Crippen molar-refractivity contribution in [1.82, 2.24) is 10.2 Å². The van der Waals surface area contributed by atoms with Crippen molar-refractivity contribution in [3.8, 4) is 0 Å². The number of amides is 1. The maximum atomic E-state index is 13.5. The molecular formula is C22H25FN4O4. The molecule has 3 rings (SSSR count). The summed E-state index contributed by atoms with van der Waals surface area (Å²) < 4.78 is 23.5. The first-order valence-corrected chi connectivity index (χ1v) is 9.92. The zero-order valence-corrected chi connectivity index (χ0v) is 17.3. The van der Waals surface area contributed by atoms with Crippen LogP contribution in [-0.4, -0.2) is 69.2 Å². The molecule has 0 unspecified atom stereocenters. The summed E-state index contributed by atoms with van der Waals surface area (Å²) in [6.07, 6.45) is 0. The molecule has 2 N–H and O–H groups in total. The van der Waals surface area contributed by atoms with Crippen LogP contribution < -0.4 is 10.6 Å². The van der Waals surface area contributed by atoms with Crippen molar-refractivity contribution < 1.29 is 23.5 Å². The van der Waals surface area contributed by atoms with Gasteiger partial charge in [0.15, 0.2) is 0 Å². The van der Waals surface area contributed by atoms with Gasteiger partial charge in [0.1, 0.15) is 5.82 Å².